The van der Waals surface area contributed by atoms with Gasteiger partial charge in [0.1, 0.15) is 19.3 Å². The summed E-state index contributed by atoms with van der Waals surface area (Å²) in [5.74, 6) is -0.610. The van der Waals surface area contributed by atoms with E-state index in [0.29, 0.717) is 25.7 Å². The fourth-order valence-corrected chi connectivity index (χ4v) is 13.6. The largest absolute Gasteiger partial charge is 0.472 e. The Morgan fingerprint density at radius 3 is 0.786 bits per heavy atom. The zero-order chi connectivity index (χ0) is 75.6. The molecule has 5 atom stereocenters. The van der Waals surface area contributed by atoms with Gasteiger partial charge in [-0.2, -0.15) is 0 Å². The van der Waals surface area contributed by atoms with E-state index in [4.69, 9.17) is 37.0 Å². The summed E-state index contributed by atoms with van der Waals surface area (Å²) in [5.41, 5.74) is 0. The zero-order valence-corrected chi connectivity index (χ0v) is 68.4. The molecule has 0 heterocycles. The van der Waals surface area contributed by atoms with Gasteiger partial charge in [0.25, 0.3) is 0 Å². The number of aliphatic hydroxyl groups is 1. The Morgan fingerprint density at radius 1 is 0.301 bits per heavy atom. The van der Waals surface area contributed by atoms with Crippen LogP contribution in [0.2, 0.25) is 0 Å². The second-order valence-electron chi connectivity index (χ2n) is 29.8. The van der Waals surface area contributed by atoms with E-state index in [9.17, 15) is 43.2 Å². The minimum Gasteiger partial charge on any atom is -0.462 e. The van der Waals surface area contributed by atoms with E-state index in [0.717, 1.165) is 134 Å². The first kappa shape index (κ1) is 100. The van der Waals surface area contributed by atoms with E-state index in [1.54, 1.807) is 0 Å². The molecular weight excluding hydrogens is 1340 g/mol. The molecule has 2 unspecified atom stereocenters. The lowest BCUT2D eigenvalue weighted by Gasteiger charge is -2.21. The molecule has 0 amide bonds. The molecule has 0 aliphatic rings. The van der Waals surface area contributed by atoms with Crippen molar-refractivity contribution in [3.8, 4) is 0 Å². The first-order valence-corrected chi connectivity index (χ1v) is 45.1. The van der Waals surface area contributed by atoms with E-state index < -0.39 is 97.5 Å². The van der Waals surface area contributed by atoms with E-state index in [1.165, 1.54) is 180 Å². The van der Waals surface area contributed by atoms with Crippen molar-refractivity contribution in [2.75, 3.05) is 39.6 Å². The van der Waals surface area contributed by atoms with Crippen molar-refractivity contribution in [1.29, 1.82) is 0 Å². The third-order valence-electron chi connectivity index (χ3n) is 18.5. The number of ether oxygens (including phenoxy) is 4. The predicted octanol–water partition coefficient (Wildman–Crippen LogP) is 24.6. The van der Waals surface area contributed by atoms with Crippen molar-refractivity contribution in [1.82, 2.24) is 0 Å². The number of phosphoric acid groups is 2. The normalized spacial score (nSPS) is 14.2. The van der Waals surface area contributed by atoms with Gasteiger partial charge < -0.3 is 33.8 Å². The van der Waals surface area contributed by atoms with Crippen LogP contribution >= 0.6 is 15.6 Å². The molecule has 103 heavy (non-hydrogen) atoms. The van der Waals surface area contributed by atoms with Crippen molar-refractivity contribution in [2.45, 2.75) is 413 Å². The Morgan fingerprint density at radius 2 is 0.524 bits per heavy atom. The van der Waals surface area contributed by atoms with Gasteiger partial charge in [0.2, 0.25) is 0 Å². The van der Waals surface area contributed by atoms with Crippen molar-refractivity contribution >= 4 is 39.5 Å². The van der Waals surface area contributed by atoms with Crippen molar-refractivity contribution in [2.24, 2.45) is 11.8 Å². The minimum absolute atomic E-state index is 0.0824. The molecule has 0 aromatic carbocycles. The predicted molar refractivity (Wildman–Crippen MR) is 423 cm³/mol. The second-order valence-corrected chi connectivity index (χ2v) is 32.7. The Kier molecular flexibility index (Phi) is 72.3. The van der Waals surface area contributed by atoms with Crippen molar-refractivity contribution in [3.63, 3.8) is 0 Å². The topological polar surface area (TPSA) is 237 Å². The molecule has 0 aromatic heterocycles. The van der Waals surface area contributed by atoms with Crippen molar-refractivity contribution < 1.29 is 80.2 Å². The Bertz CT molecular complexity index is 2170. The van der Waals surface area contributed by atoms with Crippen LogP contribution in [-0.2, 0) is 65.4 Å². The average Bonchev–Trinajstić information content (AvgIpc) is 0.921. The number of carbonyl (C=O) groups excluding carboxylic acids is 4. The van der Waals surface area contributed by atoms with Crippen LogP contribution in [0.25, 0.3) is 0 Å². The number of hydrogen-bond donors (Lipinski definition) is 3. The van der Waals surface area contributed by atoms with Gasteiger partial charge in [0, 0.05) is 25.7 Å². The third kappa shape index (κ3) is 77.0. The van der Waals surface area contributed by atoms with Gasteiger partial charge in [-0.1, -0.05) is 341 Å². The fourth-order valence-electron chi connectivity index (χ4n) is 12.0. The number of aliphatic hydroxyl groups excluding tert-OH is 1. The van der Waals surface area contributed by atoms with Crippen LogP contribution in [0, 0.1) is 11.8 Å². The molecule has 0 rings (SSSR count). The lowest BCUT2D eigenvalue weighted by Crippen LogP contribution is -2.30. The van der Waals surface area contributed by atoms with Crippen LogP contribution in [0.5, 0.6) is 0 Å². The molecule has 19 heteroatoms. The number of allylic oxidation sites excluding steroid dienone is 8. The number of phosphoric ester groups is 2. The molecule has 0 fully saturated rings. The molecule has 17 nitrogen and oxygen atoms in total. The third-order valence-corrected chi connectivity index (χ3v) is 20.4. The average molecular weight is 1500 g/mol. The highest BCUT2D eigenvalue weighted by Gasteiger charge is 2.30. The maximum absolute atomic E-state index is 13.1. The molecule has 3 N–H and O–H groups in total. The van der Waals surface area contributed by atoms with Crippen LogP contribution < -0.4 is 0 Å². The van der Waals surface area contributed by atoms with E-state index in [-0.39, 0.29) is 25.7 Å². The summed E-state index contributed by atoms with van der Waals surface area (Å²) >= 11 is 0. The maximum Gasteiger partial charge on any atom is 0.472 e. The number of hydrogen-bond acceptors (Lipinski definition) is 15. The number of esters is 4. The molecule has 0 aliphatic heterocycles. The monoisotopic (exact) mass is 1500 g/mol. The molecule has 0 saturated carbocycles. The van der Waals surface area contributed by atoms with Crippen LogP contribution in [0.4, 0.5) is 0 Å². The van der Waals surface area contributed by atoms with Gasteiger partial charge in [-0.15, -0.1) is 0 Å². The Hall–Kier alpha value is -2.98. The van der Waals surface area contributed by atoms with Crippen LogP contribution in [0.15, 0.2) is 48.6 Å². The molecule has 0 spiro atoms. The van der Waals surface area contributed by atoms with Gasteiger partial charge in [0.05, 0.1) is 26.4 Å². The maximum atomic E-state index is 13.1. The summed E-state index contributed by atoms with van der Waals surface area (Å²) < 4.78 is 68.7. The number of unbranched alkanes of at least 4 members (excludes halogenated alkanes) is 43. The summed E-state index contributed by atoms with van der Waals surface area (Å²) in [5, 5.41) is 10.7. The van der Waals surface area contributed by atoms with Gasteiger partial charge in [0.15, 0.2) is 12.2 Å². The summed E-state index contributed by atoms with van der Waals surface area (Å²) in [7, 11) is -9.95. The highest BCUT2D eigenvalue weighted by Crippen LogP contribution is 2.45. The van der Waals surface area contributed by atoms with Crippen LogP contribution in [0.1, 0.15) is 395 Å². The van der Waals surface area contributed by atoms with Gasteiger partial charge in [-0.3, -0.25) is 37.3 Å². The Balaban J connectivity index is 5.31. The van der Waals surface area contributed by atoms with Gasteiger partial charge in [-0.25, -0.2) is 9.13 Å². The minimum atomic E-state index is -4.98. The lowest BCUT2D eigenvalue weighted by molar-refractivity contribution is -0.161. The van der Waals surface area contributed by atoms with Crippen LogP contribution in [-0.4, -0.2) is 96.7 Å². The van der Waals surface area contributed by atoms with Gasteiger partial charge >= 0.3 is 39.5 Å². The summed E-state index contributed by atoms with van der Waals surface area (Å²) in [4.78, 5) is 73.1. The number of rotatable bonds is 79. The van der Waals surface area contributed by atoms with Gasteiger partial charge in [-0.05, 0) is 88.9 Å². The summed E-state index contributed by atoms with van der Waals surface area (Å²) in [6.45, 7) is 9.53. The van der Waals surface area contributed by atoms with Crippen LogP contribution in [0.3, 0.4) is 0 Å². The SMILES string of the molecule is CCCCCC/C=C\C=C/CCCCCCCC(=O)OC[C@H](COP(=O)(O)OC[C@@H](O)COP(=O)(O)OC[C@@H](COC(=O)CCCCCCCCCCCC(C)C)OC(=O)CCCCCCC/C=C\C=C/CCCCCC)OC(=O)CCCCCCCCCCCCCCCCCCCCC(C)C. The molecule has 0 bridgehead atoms. The first-order chi connectivity index (χ1) is 49.9. The standard InChI is InChI=1S/C84H156O17P2/c1-7-9-11-13-15-17-19-21-27-32-36-42-48-54-60-66-81(86)94-72-79(100-84(89)69-63-57-51-44-38-34-30-26-24-23-25-29-31-35-40-46-52-58-64-76(3)4)74-98-102(90,91)96-70-78(85)71-97-103(92,93)99-75-80(73-95-82(87)67-61-55-49-45-39-41-47-53-59-65-77(5)6)101-83(88)68-62-56-50-43-37-33-28-22-20-18-16-14-12-10-8-2/h17-22,27-28,76-80,85H,7-16,23-26,29-75H2,1-6H3,(H,90,91)(H,92,93)/b19-17-,20-18-,27-21-,28-22-/t78-,79-,80-/m1/s1. The van der Waals surface area contributed by atoms with E-state index in [2.05, 4.69) is 90.2 Å². The van der Waals surface area contributed by atoms with E-state index in [1.807, 2.05) is 0 Å². The number of carbonyl (C=O) groups is 4. The van der Waals surface area contributed by atoms with Crippen molar-refractivity contribution in [3.05, 3.63) is 48.6 Å². The lowest BCUT2D eigenvalue weighted by atomic mass is 10.0. The summed E-state index contributed by atoms with van der Waals surface area (Å²) in [6, 6.07) is 0. The summed E-state index contributed by atoms with van der Waals surface area (Å²) in [6.07, 6.45) is 71.0. The molecule has 0 aromatic rings. The first-order valence-electron chi connectivity index (χ1n) is 42.1. The fraction of sp³-hybridized carbons (Fsp3) is 0.857. The molecule has 0 aliphatic carbocycles. The second kappa shape index (κ2) is 74.5. The molecular formula is C84H156O17P2. The highest BCUT2D eigenvalue weighted by atomic mass is 31.2. The Labute approximate surface area is 629 Å². The highest BCUT2D eigenvalue weighted by molar-refractivity contribution is 7.47. The quantitative estimate of drug-likeness (QED) is 0.0169. The molecule has 0 saturated heterocycles. The molecule has 0 radical (unpaired) electrons. The van der Waals surface area contributed by atoms with E-state index >= 15 is 0 Å². The smallest absolute Gasteiger partial charge is 0.462 e. The molecule has 604 valence electrons. The zero-order valence-electron chi connectivity index (χ0n) is 66.6.